The van der Waals surface area contributed by atoms with Crippen LogP contribution in [0.15, 0.2) is 11.6 Å². The summed E-state index contributed by atoms with van der Waals surface area (Å²) in [5.74, 6) is -0.822. The Morgan fingerprint density at radius 1 is 1.35 bits per heavy atom. The second-order valence-electron chi connectivity index (χ2n) is 7.00. The Bertz CT molecular complexity index is 626. The summed E-state index contributed by atoms with van der Waals surface area (Å²) in [6, 6.07) is 6.42. The van der Waals surface area contributed by atoms with Gasteiger partial charge in [-0.3, -0.25) is 0 Å². The molecule has 120 valence electrons. The van der Waals surface area contributed by atoms with Gasteiger partial charge >= 0.3 is 0 Å². The maximum atomic E-state index is 9.76. The highest BCUT2D eigenvalue weighted by atomic mass is 15.1. The summed E-state index contributed by atoms with van der Waals surface area (Å²) in [6.45, 7) is 8.93. The van der Waals surface area contributed by atoms with Gasteiger partial charge in [-0.15, -0.1) is 0 Å². The fourth-order valence-electron chi connectivity index (χ4n) is 4.42. The molecule has 0 radical (unpaired) electrons. The monoisotopic (exact) mass is 310 g/mol. The van der Waals surface area contributed by atoms with Crippen molar-refractivity contribution in [3.05, 3.63) is 11.6 Å². The van der Waals surface area contributed by atoms with E-state index in [2.05, 4.69) is 31.2 Å². The van der Waals surface area contributed by atoms with Crippen molar-refractivity contribution in [3.8, 4) is 18.2 Å². The summed E-state index contributed by atoms with van der Waals surface area (Å²) in [7, 11) is 0. The van der Waals surface area contributed by atoms with E-state index in [9.17, 15) is 15.8 Å². The Balaban J connectivity index is 2.58. The topological polar surface area (TPSA) is 99.7 Å². The van der Waals surface area contributed by atoms with Gasteiger partial charge in [0.25, 0.3) is 0 Å². The summed E-state index contributed by atoms with van der Waals surface area (Å²) < 4.78 is 0. The molecular formula is C18H24N5+. The highest BCUT2D eigenvalue weighted by Gasteiger charge is 2.58. The predicted octanol–water partition coefficient (Wildman–Crippen LogP) is 1.32. The molecule has 0 aromatic carbocycles. The predicted molar refractivity (Wildman–Crippen MR) is 86.2 cm³/mol. The third-order valence-corrected chi connectivity index (χ3v) is 5.35. The number of nitrogens with zero attached hydrogens (tertiary/aromatic N) is 3. The molecule has 1 aliphatic carbocycles. The molecule has 1 heterocycles. The zero-order valence-corrected chi connectivity index (χ0v) is 14.1. The van der Waals surface area contributed by atoms with E-state index < -0.39 is 11.3 Å². The first-order chi connectivity index (χ1) is 11.0. The van der Waals surface area contributed by atoms with Gasteiger partial charge in [-0.1, -0.05) is 20.8 Å². The van der Waals surface area contributed by atoms with Crippen LogP contribution in [0.2, 0.25) is 0 Å². The zero-order valence-electron chi connectivity index (χ0n) is 14.1. The minimum absolute atomic E-state index is 0.0230. The molecule has 1 fully saturated rings. The van der Waals surface area contributed by atoms with Crippen LogP contribution >= 0.6 is 0 Å². The van der Waals surface area contributed by atoms with Crippen molar-refractivity contribution < 1.29 is 4.90 Å². The van der Waals surface area contributed by atoms with Gasteiger partial charge in [-0.25, -0.2) is 0 Å². The molecule has 0 aromatic heterocycles. The molecule has 5 heteroatoms. The number of hydrogen-bond donors (Lipinski definition) is 2. The van der Waals surface area contributed by atoms with Crippen molar-refractivity contribution in [1.82, 2.24) is 0 Å². The Kier molecular flexibility index (Phi) is 4.88. The molecule has 1 aliphatic heterocycles. The van der Waals surface area contributed by atoms with Crippen molar-refractivity contribution in [2.24, 2.45) is 29.1 Å². The number of rotatable bonds is 3. The van der Waals surface area contributed by atoms with Crippen LogP contribution in [0.3, 0.4) is 0 Å². The molecule has 2 aliphatic rings. The molecule has 2 unspecified atom stereocenters. The van der Waals surface area contributed by atoms with Crippen LogP contribution < -0.4 is 4.90 Å². The van der Waals surface area contributed by atoms with E-state index >= 15 is 0 Å². The first-order valence-corrected chi connectivity index (χ1v) is 8.31. The molecular weight excluding hydrogens is 286 g/mol. The first kappa shape index (κ1) is 17.2. The Hall–Kier alpha value is -2.16. The molecule has 0 spiro atoms. The molecule has 0 bridgehead atoms. The quantitative estimate of drug-likeness (QED) is 0.769. The lowest BCUT2D eigenvalue weighted by Gasteiger charge is -2.47. The van der Waals surface area contributed by atoms with Gasteiger partial charge in [0.15, 0.2) is 5.41 Å². The average Bonchev–Trinajstić information content (AvgIpc) is 2.54. The van der Waals surface area contributed by atoms with Crippen molar-refractivity contribution in [2.45, 2.75) is 27.2 Å². The second-order valence-corrected chi connectivity index (χ2v) is 7.00. The first-order valence-electron chi connectivity index (χ1n) is 8.31. The van der Waals surface area contributed by atoms with E-state index in [-0.39, 0.29) is 23.5 Å². The number of fused-ring (bicyclic) bond motifs is 1. The van der Waals surface area contributed by atoms with Gasteiger partial charge < -0.3 is 10.3 Å². The van der Waals surface area contributed by atoms with Crippen molar-refractivity contribution in [3.63, 3.8) is 0 Å². The maximum Gasteiger partial charge on any atom is 0.186 e. The molecule has 2 N–H and O–H groups in total. The molecule has 0 aromatic rings. The number of nitrogens with one attached hydrogen (secondary N) is 2. The molecule has 5 nitrogen and oxygen atoms in total. The second kappa shape index (κ2) is 6.53. The third-order valence-electron chi connectivity index (χ3n) is 5.35. The van der Waals surface area contributed by atoms with Gasteiger partial charge in [0.1, 0.15) is 5.92 Å². The summed E-state index contributed by atoms with van der Waals surface area (Å²) in [4.78, 5) is 1.43. The van der Waals surface area contributed by atoms with Crippen LogP contribution in [-0.2, 0) is 0 Å². The van der Waals surface area contributed by atoms with Gasteiger partial charge in [0.2, 0.25) is 0 Å². The summed E-state index contributed by atoms with van der Waals surface area (Å²) >= 11 is 0. The van der Waals surface area contributed by atoms with Gasteiger partial charge in [0, 0.05) is 11.8 Å². The van der Waals surface area contributed by atoms with E-state index in [1.165, 1.54) is 4.90 Å². The Labute approximate surface area is 138 Å². The zero-order chi connectivity index (χ0) is 17.2. The van der Waals surface area contributed by atoms with Crippen LogP contribution in [-0.4, -0.2) is 25.3 Å². The minimum atomic E-state index is -1.48. The lowest BCUT2D eigenvalue weighted by Crippen LogP contribution is -3.13. The Morgan fingerprint density at radius 3 is 2.48 bits per heavy atom. The number of nitriles is 3. The van der Waals surface area contributed by atoms with E-state index in [1.54, 1.807) is 0 Å². The molecule has 1 saturated carbocycles. The lowest BCUT2D eigenvalue weighted by atomic mass is 9.53. The maximum absolute atomic E-state index is 9.76. The fraction of sp³-hybridized carbons (Fsp3) is 0.667. The van der Waals surface area contributed by atoms with Crippen LogP contribution in [0.1, 0.15) is 27.2 Å². The van der Waals surface area contributed by atoms with E-state index in [0.717, 1.165) is 31.6 Å². The summed E-state index contributed by atoms with van der Waals surface area (Å²) in [6.07, 6.45) is 3.17. The van der Waals surface area contributed by atoms with E-state index in [4.69, 9.17) is 5.41 Å². The molecule has 0 saturated heterocycles. The molecule has 0 amide bonds. The molecule has 23 heavy (non-hydrogen) atoms. The average molecular weight is 310 g/mol. The number of hydrogen-bond acceptors (Lipinski definition) is 4. The van der Waals surface area contributed by atoms with Gasteiger partial charge in [0.05, 0.1) is 43.6 Å². The fourth-order valence-corrected chi connectivity index (χ4v) is 4.42. The SMILES string of the molecule is CCC[NH+]1CC=C2C(C#N)C(=N)C(C#N)(C#N)[C@@H](C(C)C)[C@@H]2C1. The van der Waals surface area contributed by atoms with Gasteiger partial charge in [-0.2, -0.15) is 15.8 Å². The largest absolute Gasteiger partial charge is 0.331 e. The van der Waals surface area contributed by atoms with Crippen LogP contribution in [0.5, 0.6) is 0 Å². The smallest absolute Gasteiger partial charge is 0.186 e. The highest BCUT2D eigenvalue weighted by molar-refractivity contribution is 6.00. The molecule has 4 atom stereocenters. The molecule has 2 rings (SSSR count). The summed E-state index contributed by atoms with van der Waals surface area (Å²) in [5.41, 5.74) is -0.534. The minimum Gasteiger partial charge on any atom is -0.331 e. The third kappa shape index (κ3) is 2.54. The normalized spacial score (nSPS) is 32.2. The summed E-state index contributed by atoms with van der Waals surface area (Å²) in [5, 5.41) is 37.5. The number of quaternary nitrogens is 1. The van der Waals surface area contributed by atoms with E-state index in [0.29, 0.717) is 0 Å². The van der Waals surface area contributed by atoms with Crippen LogP contribution in [0, 0.1) is 68.5 Å². The standard InChI is InChI=1S/C18H23N5/c1-4-6-23-7-5-13-14(8-19)17(22)18(10-20,11-21)16(12(2)3)15(13)9-23/h5,12,14-16,22H,4,6-7,9H2,1-3H3/p+1/t14?,15-,16+/m1/s1. The van der Waals surface area contributed by atoms with E-state index in [1.807, 2.05) is 13.8 Å². The lowest BCUT2D eigenvalue weighted by molar-refractivity contribution is -0.899. The van der Waals surface area contributed by atoms with Crippen LogP contribution in [0.25, 0.3) is 0 Å². The van der Waals surface area contributed by atoms with Gasteiger partial charge in [-0.05, 0) is 24.0 Å². The van der Waals surface area contributed by atoms with Crippen molar-refractivity contribution in [1.29, 1.82) is 21.2 Å². The Morgan fingerprint density at radius 2 is 2.00 bits per heavy atom. The highest BCUT2D eigenvalue weighted by Crippen LogP contribution is 2.50. The van der Waals surface area contributed by atoms with Crippen molar-refractivity contribution in [2.75, 3.05) is 19.6 Å². The van der Waals surface area contributed by atoms with Crippen molar-refractivity contribution >= 4 is 5.71 Å². The van der Waals surface area contributed by atoms with Crippen LogP contribution in [0.4, 0.5) is 0 Å².